The van der Waals surface area contributed by atoms with Crippen molar-refractivity contribution in [1.29, 1.82) is 0 Å². The van der Waals surface area contributed by atoms with E-state index in [0.29, 0.717) is 5.56 Å². The minimum atomic E-state index is -0.493. The number of Topliss-reactive ketones (excluding diaryl/α,β-unsaturated/α-hetero) is 1. The Morgan fingerprint density at radius 2 is 2.33 bits per heavy atom. The van der Waals surface area contributed by atoms with Gasteiger partial charge in [-0.1, -0.05) is 11.6 Å². The van der Waals surface area contributed by atoms with Crippen LogP contribution < -0.4 is 5.32 Å². The molecule has 15 heavy (non-hydrogen) atoms. The van der Waals surface area contributed by atoms with Gasteiger partial charge < -0.3 is 5.32 Å². The lowest BCUT2D eigenvalue weighted by Crippen LogP contribution is -2.30. The number of hydrogen-bond acceptors (Lipinski definition) is 2. The van der Waals surface area contributed by atoms with Crippen molar-refractivity contribution in [1.82, 2.24) is 5.32 Å². The summed E-state index contributed by atoms with van der Waals surface area (Å²) in [6, 6.07) is 3.96. The first-order valence-corrected chi connectivity index (χ1v) is 5.29. The first-order valence-electron chi connectivity index (χ1n) is 4.91. The van der Waals surface area contributed by atoms with Crippen LogP contribution in [0.5, 0.6) is 0 Å². The summed E-state index contributed by atoms with van der Waals surface area (Å²) in [5.74, 6) is -0.498. The van der Waals surface area contributed by atoms with E-state index in [1.54, 1.807) is 0 Å². The standard InChI is InChI=1S/C11H11ClFNO/c12-8-6-7(3-4-9(8)13)11(15)10-2-1-5-14-10/h3-4,6,10,14H,1-2,5H2. The fourth-order valence-electron chi connectivity index (χ4n) is 1.76. The van der Waals surface area contributed by atoms with Gasteiger partial charge in [-0.15, -0.1) is 0 Å². The Labute approximate surface area is 92.4 Å². The van der Waals surface area contributed by atoms with Crippen molar-refractivity contribution in [2.24, 2.45) is 0 Å². The van der Waals surface area contributed by atoms with Gasteiger partial charge in [0.1, 0.15) is 5.82 Å². The van der Waals surface area contributed by atoms with Gasteiger partial charge in [-0.2, -0.15) is 0 Å². The molecular formula is C11H11ClFNO. The lowest BCUT2D eigenvalue weighted by Gasteiger charge is -2.09. The van der Waals surface area contributed by atoms with Crippen molar-refractivity contribution in [2.75, 3.05) is 6.54 Å². The molecule has 0 radical (unpaired) electrons. The number of benzene rings is 1. The van der Waals surface area contributed by atoms with Gasteiger partial charge in [0.05, 0.1) is 11.1 Å². The molecule has 1 heterocycles. The summed E-state index contributed by atoms with van der Waals surface area (Å²) in [7, 11) is 0. The summed E-state index contributed by atoms with van der Waals surface area (Å²) in [6.07, 6.45) is 1.85. The molecule has 80 valence electrons. The van der Waals surface area contributed by atoms with Crippen molar-refractivity contribution in [2.45, 2.75) is 18.9 Å². The highest BCUT2D eigenvalue weighted by atomic mass is 35.5. The SMILES string of the molecule is O=C(c1ccc(F)c(Cl)c1)C1CCCN1. The molecule has 2 rings (SSSR count). The predicted molar refractivity (Wildman–Crippen MR) is 56.8 cm³/mol. The molecule has 4 heteroatoms. The molecule has 1 aliphatic rings. The molecule has 0 bridgehead atoms. The number of carbonyl (C=O) groups excluding carboxylic acids is 1. The highest BCUT2D eigenvalue weighted by molar-refractivity contribution is 6.31. The Balaban J connectivity index is 2.21. The first-order chi connectivity index (χ1) is 7.18. The van der Waals surface area contributed by atoms with E-state index in [9.17, 15) is 9.18 Å². The Bertz CT molecular complexity index is 388. The fraction of sp³-hybridized carbons (Fsp3) is 0.364. The van der Waals surface area contributed by atoms with Crippen LogP contribution >= 0.6 is 11.6 Å². The van der Waals surface area contributed by atoms with Gasteiger partial charge >= 0.3 is 0 Å². The zero-order valence-electron chi connectivity index (χ0n) is 8.09. The van der Waals surface area contributed by atoms with E-state index in [4.69, 9.17) is 11.6 Å². The topological polar surface area (TPSA) is 29.1 Å². The molecule has 1 N–H and O–H groups in total. The molecule has 1 fully saturated rings. The number of hydrogen-bond donors (Lipinski definition) is 1. The van der Waals surface area contributed by atoms with Crippen LogP contribution in [-0.4, -0.2) is 18.4 Å². The highest BCUT2D eigenvalue weighted by Crippen LogP contribution is 2.19. The number of carbonyl (C=O) groups is 1. The van der Waals surface area contributed by atoms with Crippen LogP contribution in [0.25, 0.3) is 0 Å². The number of nitrogens with one attached hydrogen (secondary N) is 1. The van der Waals surface area contributed by atoms with Crippen LogP contribution in [0.15, 0.2) is 18.2 Å². The molecule has 0 amide bonds. The second kappa shape index (κ2) is 4.29. The summed E-state index contributed by atoms with van der Waals surface area (Å²) in [5, 5.41) is 3.10. The van der Waals surface area contributed by atoms with Gasteiger partial charge in [-0.3, -0.25) is 4.79 Å². The van der Waals surface area contributed by atoms with Gasteiger partial charge in [0.2, 0.25) is 0 Å². The minimum Gasteiger partial charge on any atom is -0.307 e. The number of ketones is 1. The predicted octanol–water partition coefficient (Wildman–Crippen LogP) is 2.41. The maximum Gasteiger partial charge on any atom is 0.179 e. The summed E-state index contributed by atoms with van der Waals surface area (Å²) in [6.45, 7) is 0.866. The van der Waals surface area contributed by atoms with Gasteiger partial charge in [-0.25, -0.2) is 4.39 Å². The quantitative estimate of drug-likeness (QED) is 0.787. The normalized spacial score (nSPS) is 20.5. The molecule has 0 aromatic heterocycles. The molecule has 1 atom stereocenters. The van der Waals surface area contributed by atoms with E-state index in [1.807, 2.05) is 0 Å². The molecule has 0 spiro atoms. The Hall–Kier alpha value is -0.930. The zero-order valence-corrected chi connectivity index (χ0v) is 8.85. The first kappa shape index (κ1) is 10.6. The molecule has 1 saturated heterocycles. The third-order valence-corrected chi connectivity index (χ3v) is 2.87. The van der Waals surface area contributed by atoms with Crippen molar-refractivity contribution in [3.05, 3.63) is 34.6 Å². The minimum absolute atomic E-state index is 0.00107. The van der Waals surface area contributed by atoms with Crippen LogP contribution in [-0.2, 0) is 0 Å². The Morgan fingerprint density at radius 3 is 2.93 bits per heavy atom. The fourth-order valence-corrected chi connectivity index (χ4v) is 1.94. The van der Waals surface area contributed by atoms with Crippen molar-refractivity contribution in [3.63, 3.8) is 0 Å². The molecule has 2 nitrogen and oxygen atoms in total. The van der Waals surface area contributed by atoms with E-state index >= 15 is 0 Å². The van der Waals surface area contributed by atoms with E-state index in [2.05, 4.69) is 5.32 Å². The van der Waals surface area contributed by atoms with E-state index < -0.39 is 5.82 Å². The average molecular weight is 228 g/mol. The molecular weight excluding hydrogens is 217 g/mol. The summed E-state index contributed by atoms with van der Waals surface area (Å²) in [5.41, 5.74) is 0.473. The Kier molecular flexibility index (Phi) is 3.03. The average Bonchev–Trinajstić information content (AvgIpc) is 2.74. The van der Waals surface area contributed by atoms with E-state index in [1.165, 1.54) is 18.2 Å². The smallest absolute Gasteiger partial charge is 0.179 e. The van der Waals surface area contributed by atoms with Crippen LogP contribution in [0.4, 0.5) is 4.39 Å². The van der Waals surface area contributed by atoms with Crippen molar-refractivity contribution < 1.29 is 9.18 Å². The molecule has 1 aromatic rings. The third kappa shape index (κ3) is 2.19. The second-order valence-corrected chi connectivity index (χ2v) is 4.05. The molecule has 0 saturated carbocycles. The van der Waals surface area contributed by atoms with Crippen molar-refractivity contribution in [3.8, 4) is 0 Å². The van der Waals surface area contributed by atoms with E-state index in [0.717, 1.165) is 19.4 Å². The highest BCUT2D eigenvalue weighted by Gasteiger charge is 2.23. The maximum absolute atomic E-state index is 12.9. The molecule has 1 unspecified atom stereocenters. The largest absolute Gasteiger partial charge is 0.307 e. The van der Waals surface area contributed by atoms with Crippen molar-refractivity contribution >= 4 is 17.4 Å². The zero-order chi connectivity index (χ0) is 10.8. The van der Waals surface area contributed by atoms with Gasteiger partial charge in [0, 0.05) is 5.56 Å². The van der Waals surface area contributed by atoms with Crippen LogP contribution in [0.1, 0.15) is 23.2 Å². The summed E-state index contributed by atoms with van der Waals surface area (Å²) >= 11 is 5.62. The van der Waals surface area contributed by atoms with Gasteiger partial charge in [-0.05, 0) is 37.6 Å². The maximum atomic E-state index is 12.9. The van der Waals surface area contributed by atoms with Gasteiger partial charge in [0.15, 0.2) is 5.78 Å². The van der Waals surface area contributed by atoms with Crippen LogP contribution in [0.3, 0.4) is 0 Å². The lowest BCUT2D eigenvalue weighted by atomic mass is 10.0. The van der Waals surface area contributed by atoms with Crippen LogP contribution in [0.2, 0.25) is 5.02 Å². The summed E-state index contributed by atoms with van der Waals surface area (Å²) in [4.78, 5) is 11.9. The van der Waals surface area contributed by atoms with Crippen LogP contribution in [0, 0.1) is 5.82 Å². The molecule has 0 aliphatic carbocycles. The summed E-state index contributed by atoms with van der Waals surface area (Å²) < 4.78 is 12.9. The number of halogens is 2. The molecule has 1 aliphatic heterocycles. The number of rotatable bonds is 2. The monoisotopic (exact) mass is 227 g/mol. The van der Waals surface area contributed by atoms with Gasteiger partial charge in [0.25, 0.3) is 0 Å². The second-order valence-electron chi connectivity index (χ2n) is 3.64. The lowest BCUT2D eigenvalue weighted by molar-refractivity contribution is 0.0952. The molecule has 1 aromatic carbocycles. The van der Waals surface area contributed by atoms with E-state index in [-0.39, 0.29) is 16.8 Å². The third-order valence-electron chi connectivity index (χ3n) is 2.58. The Morgan fingerprint density at radius 1 is 1.53 bits per heavy atom.